The number of fused-ring (bicyclic) bond motifs is 1. The highest BCUT2D eigenvalue weighted by atomic mass is 32.1. The molecule has 1 fully saturated rings. The molecule has 1 aliphatic heterocycles. The smallest absolute Gasteiger partial charge is 0.226 e. The van der Waals surface area contributed by atoms with Gasteiger partial charge in [-0.1, -0.05) is 18.9 Å². The number of nitrogens with one attached hydrogen (secondary N) is 2. The second-order valence-electron chi connectivity index (χ2n) is 7.10. The van der Waals surface area contributed by atoms with Crippen LogP contribution in [0.4, 0.5) is 5.82 Å². The van der Waals surface area contributed by atoms with Gasteiger partial charge in [-0.05, 0) is 43.0 Å². The van der Waals surface area contributed by atoms with Crippen LogP contribution in [0.25, 0.3) is 11.4 Å². The molecule has 3 aromatic rings. The summed E-state index contributed by atoms with van der Waals surface area (Å²) in [6.45, 7) is 0. The van der Waals surface area contributed by atoms with Gasteiger partial charge < -0.3 is 5.32 Å². The minimum absolute atomic E-state index is 0.0254. The van der Waals surface area contributed by atoms with Crippen LogP contribution in [0.2, 0.25) is 0 Å². The van der Waals surface area contributed by atoms with E-state index in [1.165, 1.54) is 35.4 Å². The molecule has 1 saturated carbocycles. The van der Waals surface area contributed by atoms with Crippen molar-refractivity contribution in [1.29, 1.82) is 0 Å². The zero-order valence-electron chi connectivity index (χ0n) is 14.4. The number of amides is 1. The highest BCUT2D eigenvalue weighted by Crippen LogP contribution is 2.45. The van der Waals surface area contributed by atoms with E-state index in [1.807, 2.05) is 29.5 Å². The van der Waals surface area contributed by atoms with Crippen LogP contribution in [0.15, 0.2) is 36.5 Å². The Morgan fingerprint density at radius 1 is 1.08 bits per heavy atom. The summed E-state index contributed by atoms with van der Waals surface area (Å²) in [5.41, 5.74) is 2.82. The predicted molar refractivity (Wildman–Crippen MR) is 102 cm³/mol. The van der Waals surface area contributed by atoms with Gasteiger partial charge in [0.05, 0.1) is 11.4 Å². The summed E-state index contributed by atoms with van der Waals surface area (Å²) in [5, 5.41) is 10.4. The lowest BCUT2D eigenvalue weighted by molar-refractivity contribution is -0.116. The molecule has 0 aromatic carbocycles. The Morgan fingerprint density at radius 2 is 1.92 bits per heavy atom. The normalized spacial score (nSPS) is 20.2. The Labute approximate surface area is 155 Å². The van der Waals surface area contributed by atoms with Gasteiger partial charge >= 0.3 is 0 Å². The molecule has 0 saturated heterocycles. The lowest BCUT2D eigenvalue weighted by Crippen LogP contribution is -2.23. The number of aromatic nitrogens is 3. The van der Waals surface area contributed by atoms with Crippen LogP contribution >= 0.6 is 11.3 Å². The van der Waals surface area contributed by atoms with E-state index in [2.05, 4.69) is 32.6 Å². The van der Waals surface area contributed by atoms with Gasteiger partial charge in [-0.2, -0.15) is 5.10 Å². The fourth-order valence-electron chi connectivity index (χ4n) is 4.19. The number of aromatic amines is 1. The highest BCUT2D eigenvalue weighted by molar-refractivity contribution is 7.12. The van der Waals surface area contributed by atoms with Gasteiger partial charge in [-0.3, -0.25) is 14.9 Å². The first kappa shape index (κ1) is 15.8. The number of rotatable bonds is 3. The number of carbonyl (C=O) groups is 1. The summed E-state index contributed by atoms with van der Waals surface area (Å²) in [6, 6.07) is 10.3. The molecule has 2 aliphatic rings. The van der Waals surface area contributed by atoms with Gasteiger partial charge in [0, 0.05) is 33.9 Å². The van der Waals surface area contributed by atoms with Gasteiger partial charge in [-0.25, -0.2) is 0 Å². The summed E-state index contributed by atoms with van der Waals surface area (Å²) < 4.78 is 0. The first-order valence-electron chi connectivity index (χ1n) is 9.19. The van der Waals surface area contributed by atoms with Crippen molar-refractivity contribution in [3.63, 3.8) is 0 Å². The maximum Gasteiger partial charge on any atom is 0.226 e. The standard InChI is InChI=1S/C20H20N4OS/c25-17-11-13(16-9-8-15(26-16)12-5-1-2-6-12)18-19(23-24-20(18)22-17)14-7-3-4-10-21-14/h3-4,7-10,12-13H,1-2,5-6,11H2,(H2,22,23,24,25). The first-order chi connectivity index (χ1) is 12.8. The maximum atomic E-state index is 12.2. The van der Waals surface area contributed by atoms with Crippen LogP contribution in [-0.4, -0.2) is 21.1 Å². The van der Waals surface area contributed by atoms with E-state index in [0.717, 1.165) is 17.0 Å². The molecule has 4 heterocycles. The number of hydrogen-bond acceptors (Lipinski definition) is 4. The summed E-state index contributed by atoms with van der Waals surface area (Å²) in [4.78, 5) is 19.4. The summed E-state index contributed by atoms with van der Waals surface area (Å²) in [5.74, 6) is 1.40. The molecule has 1 unspecified atom stereocenters. The third-order valence-corrected chi connectivity index (χ3v) is 6.83. The Kier molecular flexibility index (Phi) is 3.85. The molecule has 0 bridgehead atoms. The Bertz CT molecular complexity index is 940. The third kappa shape index (κ3) is 2.65. The average molecular weight is 364 g/mol. The summed E-state index contributed by atoms with van der Waals surface area (Å²) in [7, 11) is 0. The molecule has 5 nitrogen and oxygen atoms in total. The van der Waals surface area contributed by atoms with Crippen LogP contribution < -0.4 is 5.32 Å². The van der Waals surface area contributed by atoms with Gasteiger partial charge in [0.1, 0.15) is 0 Å². The molecule has 1 atom stereocenters. The molecular weight excluding hydrogens is 344 g/mol. The zero-order chi connectivity index (χ0) is 17.5. The van der Waals surface area contributed by atoms with Gasteiger partial charge in [0.15, 0.2) is 5.82 Å². The van der Waals surface area contributed by atoms with Crippen molar-refractivity contribution in [2.24, 2.45) is 0 Å². The van der Waals surface area contributed by atoms with E-state index in [-0.39, 0.29) is 11.8 Å². The molecule has 1 amide bonds. The second-order valence-corrected chi connectivity index (χ2v) is 8.25. The van der Waals surface area contributed by atoms with Crippen molar-refractivity contribution in [3.05, 3.63) is 51.8 Å². The van der Waals surface area contributed by atoms with E-state index in [1.54, 1.807) is 6.20 Å². The predicted octanol–water partition coefficient (Wildman–Crippen LogP) is 4.66. The van der Waals surface area contributed by atoms with Crippen molar-refractivity contribution in [2.75, 3.05) is 5.32 Å². The van der Waals surface area contributed by atoms with Crippen LogP contribution in [0.1, 0.15) is 59.3 Å². The molecule has 6 heteroatoms. The minimum atomic E-state index is 0.0254. The van der Waals surface area contributed by atoms with Crippen molar-refractivity contribution in [2.45, 2.75) is 43.9 Å². The second kappa shape index (κ2) is 6.36. The number of carbonyl (C=O) groups excluding carboxylic acids is 1. The molecule has 3 aromatic heterocycles. The van der Waals surface area contributed by atoms with Crippen molar-refractivity contribution in [1.82, 2.24) is 15.2 Å². The molecule has 0 radical (unpaired) electrons. The topological polar surface area (TPSA) is 70.7 Å². The van der Waals surface area contributed by atoms with Crippen molar-refractivity contribution < 1.29 is 4.79 Å². The molecule has 26 heavy (non-hydrogen) atoms. The highest BCUT2D eigenvalue weighted by Gasteiger charge is 2.33. The average Bonchev–Trinajstić information content (AvgIpc) is 3.41. The minimum Gasteiger partial charge on any atom is -0.309 e. The summed E-state index contributed by atoms with van der Waals surface area (Å²) in [6.07, 6.45) is 7.49. The molecule has 2 N–H and O–H groups in total. The number of anilines is 1. The molecule has 132 valence electrons. The van der Waals surface area contributed by atoms with Crippen LogP contribution in [0.5, 0.6) is 0 Å². The Morgan fingerprint density at radius 3 is 2.73 bits per heavy atom. The molecular formula is C20H20N4OS. The van der Waals surface area contributed by atoms with E-state index in [4.69, 9.17) is 0 Å². The SMILES string of the molecule is O=C1CC(c2ccc(C3CCCC3)s2)c2c(n[nH]c2-c2ccccn2)N1. The number of H-pyrrole nitrogens is 1. The number of thiophene rings is 1. The Balaban J connectivity index is 1.57. The zero-order valence-corrected chi connectivity index (χ0v) is 15.2. The molecule has 5 rings (SSSR count). The van der Waals surface area contributed by atoms with Gasteiger partial charge in [0.25, 0.3) is 0 Å². The van der Waals surface area contributed by atoms with E-state index >= 15 is 0 Å². The number of pyridine rings is 1. The van der Waals surface area contributed by atoms with Crippen LogP contribution in [-0.2, 0) is 4.79 Å². The van der Waals surface area contributed by atoms with Crippen LogP contribution in [0, 0.1) is 0 Å². The maximum absolute atomic E-state index is 12.2. The summed E-state index contributed by atoms with van der Waals surface area (Å²) >= 11 is 1.87. The fourth-order valence-corrected chi connectivity index (χ4v) is 5.48. The number of hydrogen-bond donors (Lipinski definition) is 2. The van der Waals surface area contributed by atoms with Gasteiger partial charge in [-0.15, -0.1) is 11.3 Å². The first-order valence-corrected chi connectivity index (χ1v) is 10.0. The monoisotopic (exact) mass is 364 g/mol. The lowest BCUT2D eigenvalue weighted by atomic mass is 9.89. The quantitative estimate of drug-likeness (QED) is 0.710. The Hall–Kier alpha value is -2.47. The fraction of sp³-hybridized carbons (Fsp3) is 0.350. The van der Waals surface area contributed by atoms with Crippen molar-refractivity contribution in [3.8, 4) is 11.4 Å². The van der Waals surface area contributed by atoms with E-state index < -0.39 is 0 Å². The molecule has 0 spiro atoms. The van der Waals surface area contributed by atoms with Crippen molar-refractivity contribution >= 4 is 23.1 Å². The molecule has 1 aliphatic carbocycles. The number of nitrogens with zero attached hydrogens (tertiary/aromatic N) is 2. The largest absolute Gasteiger partial charge is 0.309 e. The van der Waals surface area contributed by atoms with Gasteiger partial charge in [0.2, 0.25) is 5.91 Å². The lowest BCUT2D eigenvalue weighted by Gasteiger charge is -2.22. The van der Waals surface area contributed by atoms with Crippen LogP contribution in [0.3, 0.4) is 0 Å². The third-order valence-electron chi connectivity index (χ3n) is 5.47. The van der Waals surface area contributed by atoms with E-state index in [0.29, 0.717) is 18.2 Å². The van der Waals surface area contributed by atoms with E-state index in [9.17, 15) is 4.79 Å².